The molecular formula is C35H52O5. The molecule has 5 heteroatoms. The number of allylic oxidation sites excluding steroid dienone is 4. The van der Waals surface area contributed by atoms with Gasteiger partial charge in [-0.25, -0.2) is 4.79 Å². The summed E-state index contributed by atoms with van der Waals surface area (Å²) < 4.78 is 24.1. The summed E-state index contributed by atoms with van der Waals surface area (Å²) in [4.78, 5) is 13.0. The maximum atomic E-state index is 13.0. The second kappa shape index (κ2) is 20.0. The quantitative estimate of drug-likeness (QED) is 0.0876. The molecule has 0 bridgehead atoms. The molecule has 0 aliphatic carbocycles. The molecule has 2 rings (SSSR count). The second-order valence-electron chi connectivity index (χ2n) is 10.7. The van der Waals surface area contributed by atoms with Gasteiger partial charge in [0.05, 0.1) is 13.2 Å². The number of hydrogen-bond acceptors (Lipinski definition) is 5. The highest BCUT2D eigenvalue weighted by molar-refractivity contribution is 5.91. The van der Waals surface area contributed by atoms with Crippen LogP contribution in [-0.2, 0) is 0 Å². The minimum atomic E-state index is -0.523. The average Bonchev–Trinajstić information content (AvgIpc) is 2.92. The van der Waals surface area contributed by atoms with E-state index in [1.807, 2.05) is 12.1 Å². The maximum Gasteiger partial charge on any atom is 0.383 e. The number of hydrogen-bond donors (Lipinski definition) is 0. The minimum absolute atomic E-state index is 0.126. The van der Waals surface area contributed by atoms with Crippen LogP contribution < -0.4 is 19.8 Å². The van der Waals surface area contributed by atoms with Gasteiger partial charge in [-0.1, -0.05) is 94.2 Å². The van der Waals surface area contributed by atoms with Crippen molar-refractivity contribution in [3.05, 3.63) is 64.1 Å². The Morgan fingerprint density at radius 2 is 1.52 bits per heavy atom. The second-order valence-corrected chi connectivity index (χ2v) is 10.7. The molecule has 0 spiro atoms. The fraction of sp³-hybridized carbons (Fsp3) is 0.571. The fourth-order valence-corrected chi connectivity index (χ4v) is 4.44. The first kappa shape index (κ1) is 33.3. The minimum Gasteiger partial charge on any atom is -0.489 e. The summed E-state index contributed by atoms with van der Waals surface area (Å²) >= 11 is 0. The molecule has 0 saturated heterocycles. The molecule has 0 fully saturated rings. The van der Waals surface area contributed by atoms with E-state index in [9.17, 15) is 4.79 Å². The molecule has 222 valence electrons. The molecule has 0 unspecified atom stereocenters. The summed E-state index contributed by atoms with van der Waals surface area (Å²) in [5.74, 6) is 1.17. The molecule has 40 heavy (non-hydrogen) atoms. The molecule has 1 heterocycles. The van der Waals surface area contributed by atoms with Gasteiger partial charge in [0.15, 0.2) is 5.75 Å². The maximum absolute atomic E-state index is 13.0. The van der Waals surface area contributed by atoms with Crippen molar-refractivity contribution < 1.29 is 18.6 Å². The summed E-state index contributed by atoms with van der Waals surface area (Å²) in [7, 11) is 0. The van der Waals surface area contributed by atoms with Crippen LogP contribution in [0.1, 0.15) is 112 Å². The number of rotatable bonds is 21. The molecule has 0 N–H and O–H groups in total. The van der Waals surface area contributed by atoms with Crippen molar-refractivity contribution in [2.45, 2.75) is 112 Å². The van der Waals surface area contributed by atoms with Crippen LogP contribution in [0.25, 0.3) is 11.0 Å². The van der Waals surface area contributed by atoms with Gasteiger partial charge in [0.2, 0.25) is 5.75 Å². The van der Waals surface area contributed by atoms with Gasteiger partial charge in [-0.2, -0.15) is 0 Å². The predicted octanol–water partition coefficient (Wildman–Crippen LogP) is 10.1. The van der Waals surface area contributed by atoms with E-state index in [-0.39, 0.29) is 5.75 Å². The molecule has 0 aliphatic rings. The third kappa shape index (κ3) is 12.5. The SMILES string of the molecule is CCC=CCCOc1c(OCCCCCCCCCC)c2c(OCC=C(C)CCC=C(C)C)cccc2oc1=O. The van der Waals surface area contributed by atoms with E-state index in [4.69, 9.17) is 18.6 Å². The Bertz CT molecular complexity index is 1130. The predicted molar refractivity (Wildman–Crippen MR) is 168 cm³/mol. The highest BCUT2D eigenvalue weighted by Gasteiger charge is 2.21. The topological polar surface area (TPSA) is 57.9 Å². The van der Waals surface area contributed by atoms with Crippen molar-refractivity contribution in [3.8, 4) is 17.2 Å². The molecule has 0 atom stereocenters. The van der Waals surface area contributed by atoms with Gasteiger partial charge >= 0.3 is 5.63 Å². The summed E-state index contributed by atoms with van der Waals surface area (Å²) in [6, 6.07) is 5.51. The third-order valence-electron chi connectivity index (χ3n) is 6.75. The zero-order valence-electron chi connectivity index (χ0n) is 25.7. The number of unbranched alkanes of at least 4 members (excludes halogenated alkanes) is 7. The van der Waals surface area contributed by atoms with E-state index >= 15 is 0 Å². The van der Waals surface area contributed by atoms with Gasteiger partial charge in [-0.15, -0.1) is 0 Å². The van der Waals surface area contributed by atoms with Gasteiger partial charge in [-0.3, -0.25) is 0 Å². The lowest BCUT2D eigenvalue weighted by molar-refractivity contribution is 0.256. The summed E-state index contributed by atoms with van der Waals surface area (Å²) in [6.45, 7) is 12.0. The standard InChI is InChI=1S/C35H52O5/c1-6-8-10-12-13-14-15-17-25-38-33-32-30(37-27-24-29(5)21-18-20-28(3)4)22-19-23-31(32)40-35(36)34(33)39-26-16-11-9-7-2/h9,11,19-20,22-24H,6-8,10,12-18,21,25-27H2,1-5H3. The van der Waals surface area contributed by atoms with Crippen LogP contribution in [0.3, 0.4) is 0 Å². The number of ether oxygens (including phenoxy) is 3. The molecule has 1 aromatic heterocycles. The molecule has 2 aromatic rings. The Labute approximate surface area is 242 Å². The van der Waals surface area contributed by atoms with Crippen LogP contribution in [0.2, 0.25) is 0 Å². The Hall–Kier alpha value is -2.95. The third-order valence-corrected chi connectivity index (χ3v) is 6.75. The lowest BCUT2D eigenvalue weighted by Gasteiger charge is -2.16. The van der Waals surface area contributed by atoms with Crippen LogP contribution in [0.4, 0.5) is 0 Å². The van der Waals surface area contributed by atoms with E-state index in [1.54, 1.807) is 6.07 Å². The molecule has 5 nitrogen and oxygen atoms in total. The van der Waals surface area contributed by atoms with Gasteiger partial charge < -0.3 is 18.6 Å². The van der Waals surface area contributed by atoms with Gasteiger partial charge in [-0.05, 0) is 71.1 Å². The van der Waals surface area contributed by atoms with E-state index in [0.717, 1.165) is 32.1 Å². The summed E-state index contributed by atoms with van der Waals surface area (Å²) in [5.41, 5.74) is 2.53. The van der Waals surface area contributed by atoms with E-state index in [1.165, 1.54) is 49.7 Å². The van der Waals surface area contributed by atoms with Crippen molar-refractivity contribution in [2.75, 3.05) is 19.8 Å². The normalized spacial score (nSPS) is 11.8. The van der Waals surface area contributed by atoms with Gasteiger partial charge in [0, 0.05) is 0 Å². The van der Waals surface area contributed by atoms with Crippen molar-refractivity contribution in [1.29, 1.82) is 0 Å². The summed E-state index contributed by atoms with van der Waals surface area (Å²) in [5, 5.41) is 0.649. The molecule has 1 aromatic carbocycles. The summed E-state index contributed by atoms with van der Waals surface area (Å²) in [6.07, 6.45) is 21.9. The number of benzene rings is 1. The van der Waals surface area contributed by atoms with Crippen molar-refractivity contribution >= 4 is 11.0 Å². The van der Waals surface area contributed by atoms with Crippen LogP contribution in [-0.4, -0.2) is 19.8 Å². The largest absolute Gasteiger partial charge is 0.489 e. The lowest BCUT2D eigenvalue weighted by Crippen LogP contribution is -2.12. The molecule has 0 saturated carbocycles. The lowest BCUT2D eigenvalue weighted by atomic mass is 10.1. The van der Waals surface area contributed by atoms with Crippen LogP contribution >= 0.6 is 0 Å². The fourth-order valence-electron chi connectivity index (χ4n) is 4.44. The number of fused-ring (bicyclic) bond motifs is 1. The van der Waals surface area contributed by atoms with E-state index < -0.39 is 5.63 Å². The Morgan fingerprint density at radius 1 is 0.800 bits per heavy atom. The zero-order chi connectivity index (χ0) is 29.0. The van der Waals surface area contributed by atoms with E-state index in [2.05, 4.69) is 58.9 Å². The smallest absolute Gasteiger partial charge is 0.383 e. The van der Waals surface area contributed by atoms with Crippen molar-refractivity contribution in [3.63, 3.8) is 0 Å². The Morgan fingerprint density at radius 3 is 2.25 bits per heavy atom. The molecule has 0 aliphatic heterocycles. The highest BCUT2D eigenvalue weighted by Crippen LogP contribution is 2.39. The van der Waals surface area contributed by atoms with Crippen molar-refractivity contribution in [2.24, 2.45) is 0 Å². The first-order chi connectivity index (χ1) is 19.5. The molecule has 0 radical (unpaired) electrons. The van der Waals surface area contributed by atoms with Crippen LogP contribution in [0, 0.1) is 0 Å². The monoisotopic (exact) mass is 552 g/mol. The highest BCUT2D eigenvalue weighted by atomic mass is 16.5. The van der Waals surface area contributed by atoms with Crippen LogP contribution in [0.15, 0.2) is 62.9 Å². The first-order valence-electron chi connectivity index (χ1n) is 15.4. The van der Waals surface area contributed by atoms with Gasteiger partial charge in [0.25, 0.3) is 0 Å². The van der Waals surface area contributed by atoms with Gasteiger partial charge in [0.1, 0.15) is 23.3 Å². The Balaban J connectivity index is 2.19. The molecular weight excluding hydrogens is 500 g/mol. The van der Waals surface area contributed by atoms with Crippen LogP contribution in [0.5, 0.6) is 17.2 Å². The van der Waals surface area contributed by atoms with E-state index in [0.29, 0.717) is 48.7 Å². The molecule has 0 amide bonds. The first-order valence-corrected chi connectivity index (χ1v) is 15.4. The zero-order valence-corrected chi connectivity index (χ0v) is 25.7. The average molecular weight is 553 g/mol. The van der Waals surface area contributed by atoms with Crippen molar-refractivity contribution in [1.82, 2.24) is 0 Å². The Kier molecular flexibility index (Phi) is 16.6.